The Morgan fingerprint density at radius 2 is 1.82 bits per heavy atom. The Balaban J connectivity index is 1.55. The van der Waals surface area contributed by atoms with Crippen LogP contribution in [0.25, 0.3) is 5.65 Å². The summed E-state index contributed by atoms with van der Waals surface area (Å²) < 4.78 is 18.6. The van der Waals surface area contributed by atoms with Crippen LogP contribution in [0.4, 0.5) is 0 Å². The van der Waals surface area contributed by atoms with Crippen LogP contribution < -0.4 is 14.2 Å². The van der Waals surface area contributed by atoms with Gasteiger partial charge in [-0.15, -0.1) is 5.10 Å². The summed E-state index contributed by atoms with van der Waals surface area (Å²) in [6.07, 6.45) is 1.56. The number of hydrogen-bond acceptors (Lipinski definition) is 7. The van der Waals surface area contributed by atoms with Gasteiger partial charge in [0.05, 0.1) is 12.7 Å². The van der Waals surface area contributed by atoms with Gasteiger partial charge < -0.3 is 14.2 Å². The lowest BCUT2D eigenvalue weighted by Crippen LogP contribution is -2.22. The molecule has 0 radical (unpaired) electrons. The molecule has 0 fully saturated rings. The summed E-state index contributed by atoms with van der Waals surface area (Å²) in [6, 6.07) is 17.1. The number of aromatic nitrogens is 4. The number of hydrogen-bond donors (Lipinski definition) is 0. The monoisotopic (exact) mass is 442 g/mol. The average Bonchev–Trinajstić information content (AvgIpc) is 3.26. The average molecular weight is 442 g/mol. The number of Topliss-reactive ketones (excluding diaryl/α,β-unsaturated/α-hetero) is 1. The summed E-state index contributed by atoms with van der Waals surface area (Å²) >= 11 is 0. The number of benzene rings is 2. The van der Waals surface area contributed by atoms with E-state index in [9.17, 15) is 4.79 Å². The van der Waals surface area contributed by atoms with E-state index in [0.717, 1.165) is 11.3 Å². The molecule has 0 amide bonds. The molecule has 1 atom stereocenters. The van der Waals surface area contributed by atoms with Gasteiger partial charge in [-0.3, -0.25) is 4.79 Å². The Morgan fingerprint density at radius 1 is 1.09 bits per heavy atom. The molecule has 166 valence electrons. The van der Waals surface area contributed by atoms with Crippen molar-refractivity contribution in [2.45, 2.75) is 26.4 Å². The molecule has 2 aromatic heterocycles. The van der Waals surface area contributed by atoms with E-state index >= 15 is 0 Å². The smallest absolute Gasteiger partial charge is 0.228 e. The van der Waals surface area contributed by atoms with E-state index in [1.165, 1.54) is 0 Å². The topological polar surface area (TPSA) is 87.8 Å². The number of ketones is 1. The molecule has 1 aliphatic rings. The molecule has 0 saturated carbocycles. The van der Waals surface area contributed by atoms with Gasteiger partial charge in [0, 0.05) is 11.5 Å². The van der Waals surface area contributed by atoms with Gasteiger partial charge in [-0.05, 0) is 43.7 Å². The highest BCUT2D eigenvalue weighted by molar-refractivity contribution is 5.97. The van der Waals surface area contributed by atoms with Gasteiger partial charge in [0.15, 0.2) is 17.3 Å². The number of ether oxygens (including phenoxy) is 3. The van der Waals surface area contributed by atoms with Gasteiger partial charge in [0.1, 0.15) is 30.2 Å². The molecule has 33 heavy (non-hydrogen) atoms. The fourth-order valence-corrected chi connectivity index (χ4v) is 4.10. The zero-order valence-electron chi connectivity index (χ0n) is 18.5. The maximum absolute atomic E-state index is 12.6. The number of rotatable bonds is 6. The highest BCUT2D eigenvalue weighted by atomic mass is 16.5. The second-order valence-corrected chi connectivity index (χ2v) is 7.70. The molecule has 4 aromatic rings. The molecule has 2 aromatic carbocycles. The Kier molecular flexibility index (Phi) is 5.26. The van der Waals surface area contributed by atoms with Crippen molar-refractivity contribution in [1.29, 1.82) is 0 Å². The first-order valence-corrected chi connectivity index (χ1v) is 10.5. The first kappa shape index (κ1) is 20.7. The molecule has 8 heteroatoms. The van der Waals surface area contributed by atoms with Crippen LogP contribution in [0.1, 0.15) is 36.7 Å². The SMILES string of the molecule is COc1ccc(OCc2nc3c4c(ncn3n2)OC(C)=C(C(C)=O)[C@@H]4c2ccccc2)cc1. The standard InChI is InChI=1S/C25H22N4O4/c1-15(30)21-16(2)33-25-23(22(21)17-7-5-4-6-8-17)24-27-20(28-29(24)14-26-25)13-32-19-11-9-18(31-3)10-12-19/h4-12,14,22H,13H2,1-3H3/t22-/m0/s1. The van der Waals surface area contributed by atoms with Crippen molar-refractivity contribution in [2.75, 3.05) is 7.11 Å². The lowest BCUT2D eigenvalue weighted by Gasteiger charge is -2.28. The maximum atomic E-state index is 12.6. The van der Waals surface area contributed by atoms with Gasteiger partial charge in [0.2, 0.25) is 5.88 Å². The summed E-state index contributed by atoms with van der Waals surface area (Å²) in [5.41, 5.74) is 2.83. The summed E-state index contributed by atoms with van der Waals surface area (Å²) in [7, 11) is 1.62. The lowest BCUT2D eigenvalue weighted by molar-refractivity contribution is -0.114. The lowest BCUT2D eigenvalue weighted by atomic mass is 9.82. The van der Waals surface area contributed by atoms with Gasteiger partial charge in [0.25, 0.3) is 0 Å². The van der Waals surface area contributed by atoms with E-state index in [1.807, 2.05) is 54.6 Å². The highest BCUT2D eigenvalue weighted by Gasteiger charge is 2.35. The van der Waals surface area contributed by atoms with Crippen LogP contribution in [-0.4, -0.2) is 32.5 Å². The van der Waals surface area contributed by atoms with Crippen molar-refractivity contribution < 1.29 is 19.0 Å². The molecular weight excluding hydrogens is 420 g/mol. The summed E-state index contributed by atoms with van der Waals surface area (Å²) in [4.78, 5) is 21.8. The predicted molar refractivity (Wildman–Crippen MR) is 120 cm³/mol. The molecular formula is C25H22N4O4. The van der Waals surface area contributed by atoms with Gasteiger partial charge in [-0.2, -0.15) is 0 Å². The molecule has 0 saturated heterocycles. The van der Waals surface area contributed by atoms with Crippen molar-refractivity contribution in [3.05, 3.63) is 89.2 Å². The molecule has 1 aliphatic heterocycles. The molecule has 0 unspecified atom stereocenters. The summed E-state index contributed by atoms with van der Waals surface area (Å²) in [6.45, 7) is 3.52. The molecule has 5 rings (SSSR count). The van der Waals surface area contributed by atoms with Crippen molar-refractivity contribution in [2.24, 2.45) is 0 Å². The van der Waals surface area contributed by atoms with E-state index in [1.54, 1.807) is 31.8 Å². The van der Waals surface area contributed by atoms with Crippen molar-refractivity contribution >= 4 is 11.4 Å². The fraction of sp³-hybridized carbons (Fsp3) is 0.200. The highest BCUT2D eigenvalue weighted by Crippen LogP contribution is 2.44. The van der Waals surface area contributed by atoms with Crippen LogP contribution in [0, 0.1) is 0 Å². The number of carbonyl (C=O) groups is 1. The minimum atomic E-state index is -0.358. The fourth-order valence-electron chi connectivity index (χ4n) is 4.10. The molecule has 0 bridgehead atoms. The Bertz CT molecular complexity index is 1360. The van der Waals surface area contributed by atoms with Crippen LogP contribution in [0.15, 0.2) is 72.3 Å². The largest absolute Gasteiger partial charge is 0.497 e. The normalized spacial score (nSPS) is 15.2. The van der Waals surface area contributed by atoms with Crippen LogP contribution in [0.2, 0.25) is 0 Å². The van der Waals surface area contributed by atoms with Crippen LogP contribution in [0.3, 0.4) is 0 Å². The molecule has 0 N–H and O–H groups in total. The minimum absolute atomic E-state index is 0.0587. The second kappa shape index (κ2) is 8.38. The second-order valence-electron chi connectivity index (χ2n) is 7.70. The summed E-state index contributed by atoms with van der Waals surface area (Å²) in [5, 5.41) is 4.52. The van der Waals surface area contributed by atoms with Crippen molar-refractivity contribution in [1.82, 2.24) is 19.6 Å². The van der Waals surface area contributed by atoms with E-state index in [0.29, 0.717) is 40.0 Å². The quantitative estimate of drug-likeness (QED) is 0.444. The van der Waals surface area contributed by atoms with E-state index < -0.39 is 0 Å². The Hall–Kier alpha value is -4.20. The van der Waals surface area contributed by atoms with Gasteiger partial charge in [-0.1, -0.05) is 30.3 Å². The van der Waals surface area contributed by atoms with Crippen LogP contribution in [-0.2, 0) is 11.4 Å². The zero-order valence-corrected chi connectivity index (χ0v) is 18.5. The third kappa shape index (κ3) is 3.80. The van der Waals surface area contributed by atoms with E-state index in [4.69, 9.17) is 19.2 Å². The molecule has 8 nitrogen and oxygen atoms in total. The van der Waals surface area contributed by atoms with Crippen LogP contribution in [0.5, 0.6) is 17.4 Å². The van der Waals surface area contributed by atoms with E-state index in [2.05, 4.69) is 10.1 Å². The maximum Gasteiger partial charge on any atom is 0.228 e. The third-order valence-electron chi connectivity index (χ3n) is 5.58. The summed E-state index contributed by atoms with van der Waals surface area (Å²) in [5.74, 6) is 2.47. The number of fused-ring (bicyclic) bond motifs is 3. The number of allylic oxidation sites excluding steroid dienone is 2. The Labute approximate surface area is 190 Å². The zero-order chi connectivity index (χ0) is 22.9. The van der Waals surface area contributed by atoms with Crippen LogP contribution >= 0.6 is 0 Å². The van der Waals surface area contributed by atoms with Gasteiger partial charge >= 0.3 is 0 Å². The van der Waals surface area contributed by atoms with Crippen molar-refractivity contribution in [3.8, 4) is 17.4 Å². The predicted octanol–water partition coefficient (Wildman–Crippen LogP) is 4.10. The molecule has 0 spiro atoms. The Morgan fingerprint density at radius 3 is 2.52 bits per heavy atom. The molecule has 0 aliphatic carbocycles. The first-order chi connectivity index (χ1) is 16.0. The molecule has 3 heterocycles. The number of nitrogens with zero attached hydrogens (tertiary/aromatic N) is 4. The van der Waals surface area contributed by atoms with Crippen molar-refractivity contribution in [3.63, 3.8) is 0 Å². The van der Waals surface area contributed by atoms with Gasteiger partial charge in [-0.25, -0.2) is 14.5 Å². The number of methoxy groups -OCH3 is 1. The first-order valence-electron chi connectivity index (χ1n) is 10.5. The number of carbonyl (C=O) groups excluding carboxylic acids is 1. The third-order valence-corrected chi connectivity index (χ3v) is 5.58. The van der Waals surface area contributed by atoms with E-state index in [-0.39, 0.29) is 18.3 Å². The minimum Gasteiger partial charge on any atom is -0.497 e.